The van der Waals surface area contributed by atoms with Gasteiger partial charge in [0.25, 0.3) is 0 Å². The van der Waals surface area contributed by atoms with Crippen LogP contribution >= 0.6 is 11.6 Å². The van der Waals surface area contributed by atoms with Crippen LogP contribution in [0.1, 0.15) is 33.1 Å². The molecular formula is C9H17ClO. The Balaban J connectivity index is 3.50. The normalized spacial score (nSPS) is 15.1. The third kappa shape index (κ3) is 6.39. The highest BCUT2D eigenvalue weighted by molar-refractivity contribution is 6.20. The predicted octanol–water partition coefficient (Wildman–Crippen LogP) is 2.72. The number of allylic oxidation sites excluding steroid dienone is 1. The molecule has 11 heavy (non-hydrogen) atoms. The quantitative estimate of drug-likeness (QED) is 0.505. The molecule has 0 heterocycles. The van der Waals surface area contributed by atoms with Gasteiger partial charge in [-0.1, -0.05) is 25.0 Å². The lowest BCUT2D eigenvalue weighted by Crippen LogP contribution is -1.96. The molecule has 0 rings (SSSR count). The Morgan fingerprint density at radius 3 is 2.73 bits per heavy atom. The molecule has 0 aliphatic rings. The standard InChI is InChI=1S/C9H17ClO/c1-3-4-9(10)6-5-8(2)7-11/h5,9,11H,3-4,6-7H2,1-2H3/b8-5+. The number of aliphatic hydroxyl groups is 1. The minimum atomic E-state index is 0.149. The third-order valence-corrected chi connectivity index (χ3v) is 1.97. The van der Waals surface area contributed by atoms with Crippen LogP contribution < -0.4 is 0 Å². The first-order valence-corrected chi connectivity index (χ1v) is 4.54. The topological polar surface area (TPSA) is 20.2 Å². The summed E-state index contributed by atoms with van der Waals surface area (Å²) in [5.74, 6) is 0. The number of halogens is 1. The summed E-state index contributed by atoms with van der Waals surface area (Å²) >= 11 is 5.96. The monoisotopic (exact) mass is 176 g/mol. The van der Waals surface area contributed by atoms with E-state index in [0.717, 1.165) is 24.8 Å². The second-order valence-electron chi connectivity index (χ2n) is 2.83. The van der Waals surface area contributed by atoms with Crippen molar-refractivity contribution in [3.05, 3.63) is 11.6 Å². The minimum Gasteiger partial charge on any atom is -0.392 e. The van der Waals surface area contributed by atoms with Gasteiger partial charge in [-0.2, -0.15) is 0 Å². The van der Waals surface area contributed by atoms with Crippen molar-refractivity contribution in [1.29, 1.82) is 0 Å². The van der Waals surface area contributed by atoms with E-state index in [1.807, 2.05) is 13.0 Å². The smallest absolute Gasteiger partial charge is 0.0639 e. The van der Waals surface area contributed by atoms with Crippen molar-refractivity contribution in [2.24, 2.45) is 0 Å². The minimum absolute atomic E-state index is 0.149. The Morgan fingerprint density at radius 1 is 1.64 bits per heavy atom. The van der Waals surface area contributed by atoms with Gasteiger partial charge in [-0.3, -0.25) is 0 Å². The van der Waals surface area contributed by atoms with Gasteiger partial charge in [-0.25, -0.2) is 0 Å². The molecule has 1 nitrogen and oxygen atoms in total. The van der Waals surface area contributed by atoms with Crippen LogP contribution in [-0.2, 0) is 0 Å². The van der Waals surface area contributed by atoms with Crippen molar-refractivity contribution in [3.8, 4) is 0 Å². The zero-order valence-corrected chi connectivity index (χ0v) is 8.06. The van der Waals surface area contributed by atoms with Crippen LogP contribution in [0.5, 0.6) is 0 Å². The molecule has 0 saturated heterocycles. The number of hydrogen-bond donors (Lipinski definition) is 1. The number of hydrogen-bond acceptors (Lipinski definition) is 1. The Kier molecular flexibility index (Phi) is 6.68. The van der Waals surface area contributed by atoms with E-state index in [9.17, 15) is 0 Å². The fourth-order valence-corrected chi connectivity index (χ4v) is 1.13. The van der Waals surface area contributed by atoms with E-state index in [0.29, 0.717) is 0 Å². The largest absolute Gasteiger partial charge is 0.392 e. The van der Waals surface area contributed by atoms with Crippen molar-refractivity contribution in [3.63, 3.8) is 0 Å². The summed E-state index contributed by atoms with van der Waals surface area (Å²) in [5, 5.41) is 8.90. The molecule has 66 valence electrons. The molecule has 0 saturated carbocycles. The van der Waals surface area contributed by atoms with Crippen LogP contribution in [0, 0.1) is 0 Å². The fourth-order valence-electron chi connectivity index (χ4n) is 0.825. The number of aliphatic hydroxyl groups excluding tert-OH is 1. The average molecular weight is 177 g/mol. The van der Waals surface area contributed by atoms with Gasteiger partial charge in [0, 0.05) is 5.38 Å². The summed E-state index contributed by atoms with van der Waals surface area (Å²) in [5.41, 5.74) is 1.01. The van der Waals surface area contributed by atoms with Crippen LogP contribution in [-0.4, -0.2) is 17.1 Å². The molecule has 0 bridgehead atoms. The van der Waals surface area contributed by atoms with Crippen LogP contribution in [0.4, 0.5) is 0 Å². The zero-order valence-electron chi connectivity index (χ0n) is 7.31. The molecule has 1 atom stereocenters. The van der Waals surface area contributed by atoms with Crippen LogP contribution in [0.25, 0.3) is 0 Å². The van der Waals surface area contributed by atoms with E-state index in [2.05, 4.69) is 6.92 Å². The first kappa shape index (κ1) is 11.0. The van der Waals surface area contributed by atoms with Crippen molar-refractivity contribution in [2.75, 3.05) is 6.61 Å². The van der Waals surface area contributed by atoms with Gasteiger partial charge in [0.05, 0.1) is 6.61 Å². The summed E-state index contributed by atoms with van der Waals surface area (Å²) in [6.45, 7) is 4.18. The van der Waals surface area contributed by atoms with Crippen molar-refractivity contribution in [2.45, 2.75) is 38.5 Å². The molecule has 0 fully saturated rings. The number of alkyl halides is 1. The maximum Gasteiger partial charge on any atom is 0.0639 e. The second kappa shape index (κ2) is 6.68. The summed E-state index contributed by atoms with van der Waals surface area (Å²) in [6, 6.07) is 0. The highest BCUT2D eigenvalue weighted by atomic mass is 35.5. The van der Waals surface area contributed by atoms with Crippen LogP contribution in [0.15, 0.2) is 11.6 Å². The highest BCUT2D eigenvalue weighted by Crippen LogP contribution is 2.11. The zero-order chi connectivity index (χ0) is 8.69. The lowest BCUT2D eigenvalue weighted by atomic mass is 10.1. The predicted molar refractivity (Wildman–Crippen MR) is 50.0 cm³/mol. The van der Waals surface area contributed by atoms with Crippen molar-refractivity contribution < 1.29 is 5.11 Å². The Labute approximate surface area is 74.1 Å². The Morgan fingerprint density at radius 2 is 2.27 bits per heavy atom. The van der Waals surface area contributed by atoms with Gasteiger partial charge in [0.15, 0.2) is 0 Å². The Hall–Kier alpha value is -0.0100. The van der Waals surface area contributed by atoms with Crippen LogP contribution in [0.2, 0.25) is 0 Å². The summed E-state index contributed by atoms with van der Waals surface area (Å²) in [4.78, 5) is 0. The lowest BCUT2D eigenvalue weighted by molar-refractivity contribution is 0.331. The van der Waals surface area contributed by atoms with Crippen LogP contribution in [0.3, 0.4) is 0 Å². The van der Waals surface area contributed by atoms with Gasteiger partial charge in [-0.05, 0) is 19.8 Å². The Bertz CT molecular complexity index is 121. The SMILES string of the molecule is CCCC(Cl)C/C=C(\C)CO. The molecule has 0 spiro atoms. The molecule has 0 aromatic rings. The molecule has 0 amide bonds. The molecule has 0 aromatic heterocycles. The fraction of sp³-hybridized carbons (Fsp3) is 0.778. The van der Waals surface area contributed by atoms with E-state index >= 15 is 0 Å². The third-order valence-electron chi connectivity index (χ3n) is 1.57. The molecule has 0 aromatic carbocycles. The van der Waals surface area contributed by atoms with E-state index in [4.69, 9.17) is 16.7 Å². The summed E-state index contributed by atoms with van der Waals surface area (Å²) in [7, 11) is 0. The highest BCUT2D eigenvalue weighted by Gasteiger charge is 1.99. The molecule has 2 heteroatoms. The van der Waals surface area contributed by atoms with E-state index in [1.165, 1.54) is 0 Å². The molecule has 0 aliphatic carbocycles. The van der Waals surface area contributed by atoms with Crippen molar-refractivity contribution in [1.82, 2.24) is 0 Å². The first-order chi connectivity index (χ1) is 5.20. The molecular weight excluding hydrogens is 160 g/mol. The summed E-state index contributed by atoms with van der Waals surface area (Å²) < 4.78 is 0. The van der Waals surface area contributed by atoms with E-state index < -0.39 is 0 Å². The summed E-state index contributed by atoms with van der Waals surface area (Å²) in [6.07, 6.45) is 5.06. The second-order valence-corrected chi connectivity index (χ2v) is 3.45. The maximum absolute atomic E-state index is 8.67. The van der Waals surface area contributed by atoms with Gasteiger partial charge >= 0.3 is 0 Å². The van der Waals surface area contributed by atoms with Gasteiger partial charge < -0.3 is 5.11 Å². The molecule has 1 N–H and O–H groups in total. The first-order valence-electron chi connectivity index (χ1n) is 4.11. The van der Waals surface area contributed by atoms with Crippen molar-refractivity contribution >= 4 is 11.6 Å². The maximum atomic E-state index is 8.67. The van der Waals surface area contributed by atoms with Gasteiger partial charge in [-0.15, -0.1) is 11.6 Å². The lowest BCUT2D eigenvalue weighted by Gasteiger charge is -2.03. The van der Waals surface area contributed by atoms with E-state index in [1.54, 1.807) is 0 Å². The molecule has 1 unspecified atom stereocenters. The molecule has 0 aliphatic heterocycles. The average Bonchev–Trinajstić information content (AvgIpc) is 2.01. The van der Waals surface area contributed by atoms with Gasteiger partial charge in [0.2, 0.25) is 0 Å². The number of rotatable bonds is 5. The van der Waals surface area contributed by atoms with Gasteiger partial charge in [0.1, 0.15) is 0 Å². The molecule has 0 radical (unpaired) electrons. The van der Waals surface area contributed by atoms with E-state index in [-0.39, 0.29) is 12.0 Å².